The van der Waals surface area contributed by atoms with Crippen LogP contribution in [-0.2, 0) is 12.8 Å². The van der Waals surface area contributed by atoms with Gasteiger partial charge in [0.25, 0.3) is 5.91 Å². The highest BCUT2D eigenvalue weighted by Gasteiger charge is 2.11. The van der Waals surface area contributed by atoms with Crippen LogP contribution >= 0.6 is 0 Å². The van der Waals surface area contributed by atoms with Crippen LogP contribution in [0.4, 0.5) is 0 Å². The van der Waals surface area contributed by atoms with E-state index in [-0.39, 0.29) is 11.5 Å². The van der Waals surface area contributed by atoms with Crippen molar-refractivity contribution in [3.63, 3.8) is 0 Å². The molecular formula is C17H18N4O2. The number of rotatable bonds is 5. The van der Waals surface area contributed by atoms with Crippen LogP contribution in [0.5, 0.6) is 0 Å². The molecule has 6 heteroatoms. The number of H-pyrrole nitrogens is 1. The summed E-state index contributed by atoms with van der Waals surface area (Å²) < 4.78 is 1.95. The van der Waals surface area contributed by atoms with Crippen molar-refractivity contribution in [1.29, 1.82) is 0 Å². The number of aryl methyl sites for hydroxylation is 1. The second-order valence-electron chi connectivity index (χ2n) is 5.27. The normalized spacial score (nSPS) is 10.8. The maximum Gasteiger partial charge on any atom is 0.253 e. The van der Waals surface area contributed by atoms with E-state index in [9.17, 15) is 9.59 Å². The number of hydrogen-bond acceptors (Lipinski definition) is 3. The maximum absolute atomic E-state index is 12.2. The lowest BCUT2D eigenvalue weighted by atomic mass is 10.1. The first kappa shape index (κ1) is 15.0. The van der Waals surface area contributed by atoms with Gasteiger partial charge < -0.3 is 14.7 Å². The Labute approximate surface area is 133 Å². The van der Waals surface area contributed by atoms with E-state index in [0.717, 1.165) is 11.3 Å². The van der Waals surface area contributed by atoms with Gasteiger partial charge in [0.2, 0.25) is 5.56 Å². The minimum absolute atomic E-state index is 0.179. The van der Waals surface area contributed by atoms with Gasteiger partial charge in [-0.3, -0.25) is 9.59 Å². The first-order valence-corrected chi connectivity index (χ1v) is 7.60. The van der Waals surface area contributed by atoms with E-state index >= 15 is 0 Å². The maximum atomic E-state index is 12.2. The minimum atomic E-state index is -0.192. The predicted octanol–water partition coefficient (Wildman–Crippen LogP) is 1.56. The summed E-state index contributed by atoms with van der Waals surface area (Å²) in [6.07, 6.45) is 5.15. The Bertz CT molecular complexity index is 862. The van der Waals surface area contributed by atoms with Gasteiger partial charge in [-0.1, -0.05) is 13.0 Å². The second kappa shape index (κ2) is 6.48. The number of fused-ring (bicyclic) bond motifs is 1. The van der Waals surface area contributed by atoms with Gasteiger partial charge in [0.15, 0.2) is 0 Å². The van der Waals surface area contributed by atoms with Crippen molar-refractivity contribution >= 4 is 11.6 Å². The number of imidazole rings is 1. The molecule has 2 N–H and O–H groups in total. The minimum Gasteiger partial charge on any atom is -0.352 e. The van der Waals surface area contributed by atoms with Crippen molar-refractivity contribution in [2.24, 2.45) is 0 Å². The average Bonchev–Trinajstić information content (AvgIpc) is 2.97. The molecule has 0 aliphatic heterocycles. The summed E-state index contributed by atoms with van der Waals surface area (Å²) in [7, 11) is 0. The SMILES string of the molecule is CCc1[nH]c(=O)ccc1C(=O)NCCc1cn2ccccc2n1. The number of nitrogens with zero attached hydrogens (tertiary/aromatic N) is 2. The molecule has 118 valence electrons. The van der Waals surface area contributed by atoms with Crippen LogP contribution in [0.1, 0.15) is 28.7 Å². The molecular weight excluding hydrogens is 292 g/mol. The summed E-state index contributed by atoms with van der Waals surface area (Å²) in [5, 5.41) is 2.88. The molecule has 0 bridgehead atoms. The topological polar surface area (TPSA) is 79.3 Å². The third kappa shape index (κ3) is 3.31. The zero-order valence-electron chi connectivity index (χ0n) is 12.9. The fourth-order valence-electron chi connectivity index (χ4n) is 2.52. The standard InChI is InChI=1S/C17H18N4O2/c1-2-14-13(6-7-16(22)20-14)17(23)18-9-8-12-11-21-10-4-3-5-15(21)19-12/h3-7,10-11H,2,8-9H2,1H3,(H,18,23)(H,20,22). The number of hydrogen-bond donors (Lipinski definition) is 2. The summed E-state index contributed by atoms with van der Waals surface area (Å²) >= 11 is 0. The number of nitrogens with one attached hydrogen (secondary N) is 2. The summed E-state index contributed by atoms with van der Waals surface area (Å²) in [5.74, 6) is -0.179. The highest BCUT2D eigenvalue weighted by Crippen LogP contribution is 2.06. The fourth-order valence-corrected chi connectivity index (χ4v) is 2.52. The lowest BCUT2D eigenvalue weighted by molar-refractivity contribution is 0.0952. The van der Waals surface area contributed by atoms with Gasteiger partial charge in [0.05, 0.1) is 11.3 Å². The number of aromatic nitrogens is 3. The molecule has 0 atom stereocenters. The zero-order chi connectivity index (χ0) is 16.2. The van der Waals surface area contributed by atoms with Crippen molar-refractivity contribution in [1.82, 2.24) is 19.7 Å². The molecule has 0 aliphatic carbocycles. The summed E-state index contributed by atoms with van der Waals surface area (Å²) in [4.78, 5) is 30.7. The van der Waals surface area contributed by atoms with Crippen LogP contribution in [0.3, 0.4) is 0 Å². The summed E-state index contributed by atoms with van der Waals surface area (Å²) in [5.41, 5.74) is 2.80. The number of aromatic amines is 1. The Morgan fingerprint density at radius 2 is 2.17 bits per heavy atom. The third-order valence-corrected chi connectivity index (χ3v) is 3.68. The van der Waals surface area contributed by atoms with E-state index in [2.05, 4.69) is 15.3 Å². The van der Waals surface area contributed by atoms with Crippen LogP contribution in [0.2, 0.25) is 0 Å². The highest BCUT2D eigenvalue weighted by atomic mass is 16.1. The Balaban J connectivity index is 1.64. The van der Waals surface area contributed by atoms with Gasteiger partial charge >= 0.3 is 0 Å². The zero-order valence-corrected chi connectivity index (χ0v) is 12.9. The van der Waals surface area contributed by atoms with Crippen LogP contribution in [0.15, 0.2) is 47.5 Å². The van der Waals surface area contributed by atoms with Crippen molar-refractivity contribution in [3.8, 4) is 0 Å². The van der Waals surface area contributed by atoms with E-state index in [4.69, 9.17) is 0 Å². The number of carbonyl (C=O) groups is 1. The van der Waals surface area contributed by atoms with E-state index in [1.54, 1.807) is 6.07 Å². The largest absolute Gasteiger partial charge is 0.352 e. The Hall–Kier alpha value is -2.89. The number of pyridine rings is 2. The predicted molar refractivity (Wildman–Crippen MR) is 87.7 cm³/mol. The first-order valence-electron chi connectivity index (χ1n) is 7.60. The van der Waals surface area contributed by atoms with Crippen molar-refractivity contribution in [2.45, 2.75) is 19.8 Å². The van der Waals surface area contributed by atoms with Crippen LogP contribution in [0.25, 0.3) is 5.65 Å². The molecule has 6 nitrogen and oxygen atoms in total. The van der Waals surface area contributed by atoms with E-state index in [1.807, 2.05) is 41.9 Å². The third-order valence-electron chi connectivity index (χ3n) is 3.68. The molecule has 0 saturated heterocycles. The Morgan fingerprint density at radius 3 is 2.96 bits per heavy atom. The lowest BCUT2D eigenvalue weighted by Crippen LogP contribution is -2.28. The van der Waals surface area contributed by atoms with Gasteiger partial charge in [0.1, 0.15) is 5.65 Å². The van der Waals surface area contributed by atoms with Gasteiger partial charge in [-0.2, -0.15) is 0 Å². The molecule has 3 heterocycles. The molecule has 0 spiro atoms. The number of carbonyl (C=O) groups excluding carboxylic acids is 1. The highest BCUT2D eigenvalue weighted by molar-refractivity contribution is 5.95. The molecule has 0 unspecified atom stereocenters. The molecule has 0 aliphatic rings. The lowest BCUT2D eigenvalue weighted by Gasteiger charge is -2.07. The van der Waals surface area contributed by atoms with Crippen LogP contribution in [-0.4, -0.2) is 26.8 Å². The average molecular weight is 310 g/mol. The van der Waals surface area contributed by atoms with Gasteiger partial charge in [0, 0.05) is 37.1 Å². The van der Waals surface area contributed by atoms with Gasteiger partial charge in [-0.05, 0) is 24.6 Å². The molecule has 0 fully saturated rings. The van der Waals surface area contributed by atoms with Crippen molar-refractivity contribution < 1.29 is 4.79 Å². The molecule has 0 saturated carbocycles. The van der Waals surface area contributed by atoms with Gasteiger partial charge in [-0.15, -0.1) is 0 Å². The smallest absolute Gasteiger partial charge is 0.253 e. The monoisotopic (exact) mass is 310 g/mol. The molecule has 3 aromatic heterocycles. The van der Waals surface area contributed by atoms with Crippen molar-refractivity contribution in [2.75, 3.05) is 6.54 Å². The molecule has 1 amide bonds. The first-order chi connectivity index (χ1) is 11.2. The quantitative estimate of drug-likeness (QED) is 0.750. The van der Waals surface area contributed by atoms with E-state index in [1.165, 1.54) is 6.07 Å². The molecule has 0 radical (unpaired) electrons. The summed E-state index contributed by atoms with van der Waals surface area (Å²) in [6, 6.07) is 8.77. The Kier molecular flexibility index (Phi) is 4.23. The van der Waals surface area contributed by atoms with Gasteiger partial charge in [-0.25, -0.2) is 4.98 Å². The fraction of sp³-hybridized carbons (Fsp3) is 0.235. The van der Waals surface area contributed by atoms with Crippen molar-refractivity contribution in [3.05, 3.63) is 70.0 Å². The summed E-state index contributed by atoms with van der Waals surface area (Å²) in [6.45, 7) is 2.39. The molecule has 3 aromatic rings. The second-order valence-corrected chi connectivity index (χ2v) is 5.27. The Morgan fingerprint density at radius 1 is 1.30 bits per heavy atom. The van der Waals surface area contributed by atoms with E-state index < -0.39 is 0 Å². The molecule has 23 heavy (non-hydrogen) atoms. The van der Waals surface area contributed by atoms with Crippen LogP contribution < -0.4 is 10.9 Å². The van der Waals surface area contributed by atoms with E-state index in [0.29, 0.717) is 30.6 Å². The number of amides is 1. The molecule has 3 rings (SSSR count). The molecule has 0 aromatic carbocycles. The van der Waals surface area contributed by atoms with Crippen LogP contribution in [0, 0.1) is 0 Å².